The number of hydrogen-bond acceptors (Lipinski definition) is 5. The number of ketones is 1. The maximum absolute atomic E-state index is 13.4. The topological polar surface area (TPSA) is 76.7 Å². The number of fused-ring (bicyclic) bond motifs is 4. The van der Waals surface area contributed by atoms with Crippen LogP contribution in [0.1, 0.15) is 70.6 Å². The lowest BCUT2D eigenvalue weighted by molar-refractivity contribution is -0.181. The Bertz CT molecular complexity index is 778. The van der Waals surface area contributed by atoms with Gasteiger partial charge in [0.2, 0.25) is 0 Å². The average Bonchev–Trinajstić information content (AvgIpc) is 3.10. The quantitative estimate of drug-likeness (QED) is 0.795. The molecule has 0 spiro atoms. The van der Waals surface area contributed by atoms with E-state index in [1.807, 2.05) is 6.92 Å². The minimum absolute atomic E-state index is 0.0163. The van der Waals surface area contributed by atoms with Crippen LogP contribution in [0.5, 0.6) is 0 Å². The zero-order chi connectivity index (χ0) is 20.3. The van der Waals surface area contributed by atoms with Crippen LogP contribution in [0.2, 0.25) is 0 Å². The van der Waals surface area contributed by atoms with Crippen LogP contribution < -0.4 is 0 Å². The van der Waals surface area contributed by atoms with Crippen molar-refractivity contribution < 1.29 is 23.8 Å². The molecule has 3 unspecified atom stereocenters. The van der Waals surface area contributed by atoms with Crippen LogP contribution in [0.3, 0.4) is 0 Å². The lowest BCUT2D eigenvalue weighted by Crippen LogP contribution is -2.64. The van der Waals surface area contributed by atoms with E-state index >= 15 is 0 Å². The highest BCUT2D eigenvalue weighted by Gasteiger charge is 2.65. The van der Waals surface area contributed by atoms with Gasteiger partial charge in [-0.1, -0.05) is 34.1 Å². The minimum atomic E-state index is -1.14. The van der Waals surface area contributed by atoms with Crippen LogP contribution in [-0.2, 0) is 20.7 Å². The molecular weight excluding hydrogens is 356 g/mol. The fourth-order valence-corrected chi connectivity index (χ4v) is 6.80. The van der Waals surface area contributed by atoms with Gasteiger partial charge in [-0.2, -0.15) is 0 Å². The van der Waals surface area contributed by atoms with Crippen molar-refractivity contribution in [3.63, 3.8) is 0 Å². The van der Waals surface area contributed by atoms with Gasteiger partial charge < -0.3 is 14.3 Å². The highest BCUT2D eigenvalue weighted by Crippen LogP contribution is 2.63. The van der Waals surface area contributed by atoms with Gasteiger partial charge in [-0.25, -0.2) is 0 Å². The molecule has 1 heterocycles. The van der Waals surface area contributed by atoms with Gasteiger partial charge in [0.05, 0.1) is 18.8 Å². The summed E-state index contributed by atoms with van der Waals surface area (Å²) in [6.07, 6.45) is 4.86. The van der Waals surface area contributed by atoms with Gasteiger partial charge in [-0.15, -0.1) is 0 Å². The summed E-state index contributed by atoms with van der Waals surface area (Å²) in [5.41, 5.74) is 0.375. The molecular formula is C23H32O5. The number of rotatable bonds is 3. The summed E-state index contributed by atoms with van der Waals surface area (Å²) in [7, 11) is 0. The highest BCUT2D eigenvalue weighted by atomic mass is 16.5. The molecule has 5 nitrogen and oxygen atoms in total. The van der Waals surface area contributed by atoms with E-state index in [4.69, 9.17) is 9.15 Å². The van der Waals surface area contributed by atoms with E-state index < -0.39 is 17.9 Å². The van der Waals surface area contributed by atoms with Gasteiger partial charge in [0.25, 0.3) is 0 Å². The molecule has 4 rings (SSSR count). The van der Waals surface area contributed by atoms with E-state index in [1.165, 1.54) is 0 Å². The fraction of sp³-hybridized carbons (Fsp3) is 0.739. The Kier molecular flexibility index (Phi) is 4.72. The summed E-state index contributed by atoms with van der Waals surface area (Å²) in [5.74, 6) is -0.893. The van der Waals surface area contributed by atoms with Gasteiger partial charge in [-0.3, -0.25) is 9.59 Å². The normalized spacial score (nSPS) is 38.9. The van der Waals surface area contributed by atoms with Crippen molar-refractivity contribution in [3.8, 4) is 0 Å². The van der Waals surface area contributed by atoms with Crippen LogP contribution in [0.25, 0.3) is 0 Å². The number of carbonyl (C=O) groups excluding carboxylic acids is 2. The SMILES string of the molecule is CCCOC(=O)[C@@H]1c2ccoc2CC2C1[C@@H](O)C(=O)C1C(C)(C)CCC[C@]21C. The van der Waals surface area contributed by atoms with Gasteiger partial charge >= 0.3 is 5.97 Å². The van der Waals surface area contributed by atoms with E-state index in [0.717, 1.165) is 37.0 Å². The lowest BCUT2D eigenvalue weighted by atomic mass is 9.42. The first-order valence-electron chi connectivity index (χ1n) is 10.7. The largest absolute Gasteiger partial charge is 0.469 e. The maximum Gasteiger partial charge on any atom is 0.313 e. The summed E-state index contributed by atoms with van der Waals surface area (Å²) in [5, 5.41) is 11.2. The Hall–Kier alpha value is -1.62. The molecule has 0 amide bonds. The molecule has 2 fully saturated rings. The Labute approximate surface area is 166 Å². The third-order valence-electron chi connectivity index (χ3n) is 7.84. The number of ether oxygens (including phenoxy) is 1. The molecule has 0 bridgehead atoms. The molecule has 1 aromatic heterocycles. The van der Waals surface area contributed by atoms with Crippen molar-refractivity contribution in [2.45, 2.75) is 71.8 Å². The molecule has 0 radical (unpaired) electrons. The molecule has 0 aliphatic heterocycles. The second-order valence-electron chi connectivity index (χ2n) is 9.96. The van der Waals surface area contributed by atoms with E-state index in [1.54, 1.807) is 12.3 Å². The minimum Gasteiger partial charge on any atom is -0.469 e. The molecule has 5 heteroatoms. The molecule has 1 aromatic rings. The summed E-state index contributed by atoms with van der Waals surface area (Å²) in [6, 6.07) is 1.81. The molecule has 3 aliphatic carbocycles. The van der Waals surface area contributed by atoms with Crippen molar-refractivity contribution in [2.24, 2.45) is 28.6 Å². The first kappa shape index (κ1) is 19.7. The Morgan fingerprint density at radius 1 is 1.32 bits per heavy atom. The van der Waals surface area contributed by atoms with Gasteiger partial charge in [0, 0.05) is 23.8 Å². The monoisotopic (exact) mass is 388 g/mol. The molecule has 2 saturated carbocycles. The summed E-state index contributed by atoms with van der Waals surface area (Å²) in [6.45, 7) is 8.79. The predicted octanol–water partition coefficient (Wildman–Crippen LogP) is 3.88. The van der Waals surface area contributed by atoms with E-state index in [-0.39, 0.29) is 34.4 Å². The maximum atomic E-state index is 13.4. The van der Waals surface area contributed by atoms with Gasteiger partial charge in [0.1, 0.15) is 11.9 Å². The first-order chi connectivity index (χ1) is 13.2. The van der Waals surface area contributed by atoms with Crippen LogP contribution in [0, 0.1) is 28.6 Å². The smallest absolute Gasteiger partial charge is 0.313 e. The molecule has 1 N–H and O–H groups in total. The second kappa shape index (κ2) is 6.72. The third kappa shape index (κ3) is 2.69. The zero-order valence-corrected chi connectivity index (χ0v) is 17.4. The van der Waals surface area contributed by atoms with Crippen LogP contribution in [0.15, 0.2) is 16.7 Å². The standard InChI is InChI=1S/C23H32O5/c1-5-10-28-21(26)16-13-7-11-27-15(13)12-14-17(16)18(24)19(25)20-22(2,3)8-6-9-23(14,20)4/h7,11,14,16-18,20,24H,5-6,8-10,12H2,1-4H3/t14?,16-,17?,18-,20?,23-/m1/s1. The number of Topliss-reactive ketones (excluding diaryl/α,β-unsaturated/α-hetero) is 1. The van der Waals surface area contributed by atoms with E-state index in [9.17, 15) is 14.7 Å². The average molecular weight is 389 g/mol. The first-order valence-corrected chi connectivity index (χ1v) is 10.7. The number of aliphatic hydroxyl groups is 1. The Balaban J connectivity index is 1.82. The van der Waals surface area contributed by atoms with Crippen LogP contribution in [0.4, 0.5) is 0 Å². The molecule has 154 valence electrons. The summed E-state index contributed by atoms with van der Waals surface area (Å²) < 4.78 is 11.3. The molecule has 0 aromatic carbocycles. The van der Waals surface area contributed by atoms with Crippen molar-refractivity contribution in [3.05, 3.63) is 23.7 Å². The predicted molar refractivity (Wildman–Crippen MR) is 104 cm³/mol. The molecule has 3 aliphatic rings. The number of furan rings is 1. The third-order valence-corrected chi connectivity index (χ3v) is 7.84. The van der Waals surface area contributed by atoms with Gasteiger partial charge in [-0.05, 0) is 42.1 Å². The van der Waals surface area contributed by atoms with Crippen LogP contribution >= 0.6 is 0 Å². The van der Waals surface area contributed by atoms with E-state index in [2.05, 4.69) is 20.8 Å². The van der Waals surface area contributed by atoms with Gasteiger partial charge in [0.15, 0.2) is 5.78 Å². The highest BCUT2D eigenvalue weighted by molar-refractivity contribution is 5.90. The van der Waals surface area contributed by atoms with Crippen molar-refractivity contribution in [2.75, 3.05) is 6.61 Å². The van der Waals surface area contributed by atoms with Crippen molar-refractivity contribution in [1.29, 1.82) is 0 Å². The fourth-order valence-electron chi connectivity index (χ4n) is 6.80. The Morgan fingerprint density at radius 3 is 2.79 bits per heavy atom. The van der Waals surface area contributed by atoms with E-state index in [0.29, 0.717) is 13.0 Å². The number of aliphatic hydroxyl groups excluding tert-OH is 1. The molecule has 6 atom stereocenters. The molecule has 28 heavy (non-hydrogen) atoms. The number of carbonyl (C=O) groups is 2. The second-order valence-corrected chi connectivity index (χ2v) is 9.96. The molecule has 0 saturated heterocycles. The summed E-state index contributed by atoms with van der Waals surface area (Å²) in [4.78, 5) is 26.5. The van der Waals surface area contributed by atoms with Crippen molar-refractivity contribution in [1.82, 2.24) is 0 Å². The summed E-state index contributed by atoms with van der Waals surface area (Å²) >= 11 is 0. The zero-order valence-electron chi connectivity index (χ0n) is 17.4. The van der Waals surface area contributed by atoms with Crippen LogP contribution in [-0.4, -0.2) is 29.6 Å². The van der Waals surface area contributed by atoms with Crippen molar-refractivity contribution >= 4 is 11.8 Å². The Morgan fingerprint density at radius 2 is 2.07 bits per heavy atom. The number of esters is 1. The lowest BCUT2D eigenvalue weighted by Gasteiger charge is -2.61. The number of hydrogen-bond donors (Lipinski definition) is 1.